The maximum atomic E-state index is 12.0. The molecule has 0 spiro atoms. The lowest BCUT2D eigenvalue weighted by atomic mass is 10.2. The van der Waals surface area contributed by atoms with Crippen LogP contribution in [-0.4, -0.2) is 20.7 Å². The molecule has 2 rings (SSSR count). The molecular weight excluding hydrogens is 216 g/mol. The molecule has 2 N–H and O–H groups in total. The van der Waals surface area contributed by atoms with Crippen molar-refractivity contribution in [1.82, 2.24) is 20.1 Å². The topological polar surface area (TPSA) is 62.7 Å². The molecule has 90 valence electrons. The molecule has 0 fully saturated rings. The first-order valence-electron chi connectivity index (χ1n) is 5.51. The summed E-state index contributed by atoms with van der Waals surface area (Å²) in [5.74, 6) is -0.0747. The predicted molar refractivity (Wildman–Crippen MR) is 64.6 cm³/mol. The lowest BCUT2D eigenvalue weighted by Crippen LogP contribution is -2.28. The summed E-state index contributed by atoms with van der Waals surface area (Å²) in [6.45, 7) is 3.90. The van der Waals surface area contributed by atoms with E-state index in [0.717, 1.165) is 11.3 Å². The van der Waals surface area contributed by atoms with Gasteiger partial charge in [-0.05, 0) is 26.0 Å². The van der Waals surface area contributed by atoms with Gasteiger partial charge < -0.3 is 9.88 Å². The minimum Gasteiger partial charge on any atom is -0.344 e. The minimum atomic E-state index is -0.0747. The third kappa shape index (κ3) is 2.22. The first kappa shape index (κ1) is 11.4. The fourth-order valence-electron chi connectivity index (χ4n) is 1.69. The third-order valence-corrected chi connectivity index (χ3v) is 2.97. The van der Waals surface area contributed by atoms with E-state index in [-0.39, 0.29) is 11.9 Å². The predicted octanol–water partition coefficient (Wildman–Crippen LogP) is 1.55. The van der Waals surface area contributed by atoms with Crippen LogP contribution < -0.4 is 5.32 Å². The Balaban J connectivity index is 2.10. The number of aromatic amines is 1. The summed E-state index contributed by atoms with van der Waals surface area (Å²) >= 11 is 0. The number of carbonyl (C=O) groups is 1. The van der Waals surface area contributed by atoms with Gasteiger partial charge in [-0.2, -0.15) is 5.10 Å². The first-order valence-corrected chi connectivity index (χ1v) is 5.51. The van der Waals surface area contributed by atoms with Gasteiger partial charge in [-0.3, -0.25) is 9.89 Å². The van der Waals surface area contributed by atoms with Gasteiger partial charge in [-0.15, -0.1) is 0 Å². The number of carbonyl (C=O) groups excluding carboxylic acids is 1. The van der Waals surface area contributed by atoms with E-state index >= 15 is 0 Å². The molecule has 0 aliphatic heterocycles. The van der Waals surface area contributed by atoms with Crippen LogP contribution in [0.4, 0.5) is 0 Å². The molecule has 0 radical (unpaired) electrons. The number of aromatic nitrogens is 3. The van der Waals surface area contributed by atoms with E-state index < -0.39 is 0 Å². The molecule has 0 aromatic carbocycles. The standard InChI is InChI=1S/C12H16N4O/c1-8-4-5-11(16(8)3)12(17)15-9(2)10-6-13-14-7-10/h4-7,9H,1-3H3,(H,13,14)(H,15,17). The number of hydrogen-bond acceptors (Lipinski definition) is 2. The quantitative estimate of drug-likeness (QED) is 0.843. The zero-order valence-electron chi connectivity index (χ0n) is 10.2. The van der Waals surface area contributed by atoms with Crippen molar-refractivity contribution < 1.29 is 4.79 Å². The Labute approximate surface area is 99.8 Å². The van der Waals surface area contributed by atoms with Gasteiger partial charge in [0.15, 0.2) is 0 Å². The second kappa shape index (κ2) is 4.45. The fourth-order valence-corrected chi connectivity index (χ4v) is 1.69. The average Bonchev–Trinajstić information content (AvgIpc) is 2.90. The van der Waals surface area contributed by atoms with Crippen molar-refractivity contribution in [3.05, 3.63) is 41.5 Å². The Morgan fingerprint density at radius 3 is 2.82 bits per heavy atom. The Morgan fingerprint density at radius 1 is 1.53 bits per heavy atom. The van der Waals surface area contributed by atoms with Crippen LogP contribution in [0.1, 0.15) is 34.7 Å². The van der Waals surface area contributed by atoms with Crippen LogP contribution in [0.15, 0.2) is 24.5 Å². The Kier molecular flexibility index (Phi) is 2.99. The minimum absolute atomic E-state index is 0.0588. The molecule has 5 heteroatoms. The van der Waals surface area contributed by atoms with Crippen molar-refractivity contribution in [2.24, 2.45) is 7.05 Å². The van der Waals surface area contributed by atoms with Crippen molar-refractivity contribution in [3.63, 3.8) is 0 Å². The van der Waals surface area contributed by atoms with Gasteiger partial charge in [0, 0.05) is 24.5 Å². The van der Waals surface area contributed by atoms with Gasteiger partial charge in [0.1, 0.15) is 5.69 Å². The smallest absolute Gasteiger partial charge is 0.268 e. The highest BCUT2D eigenvalue weighted by molar-refractivity contribution is 5.93. The fraction of sp³-hybridized carbons (Fsp3) is 0.333. The number of H-pyrrole nitrogens is 1. The first-order chi connectivity index (χ1) is 8.09. The summed E-state index contributed by atoms with van der Waals surface area (Å²) in [7, 11) is 1.88. The lowest BCUT2D eigenvalue weighted by Gasteiger charge is -2.12. The van der Waals surface area contributed by atoms with E-state index in [4.69, 9.17) is 0 Å². The summed E-state index contributed by atoms with van der Waals surface area (Å²) in [5, 5.41) is 9.53. The molecule has 2 heterocycles. The molecule has 0 bridgehead atoms. The molecule has 0 aliphatic rings. The highest BCUT2D eigenvalue weighted by Gasteiger charge is 2.14. The Morgan fingerprint density at radius 2 is 2.29 bits per heavy atom. The molecule has 1 atom stereocenters. The van der Waals surface area contributed by atoms with Crippen LogP contribution in [0.5, 0.6) is 0 Å². The monoisotopic (exact) mass is 232 g/mol. The van der Waals surface area contributed by atoms with E-state index in [0.29, 0.717) is 5.69 Å². The van der Waals surface area contributed by atoms with Crippen LogP contribution in [0.2, 0.25) is 0 Å². The van der Waals surface area contributed by atoms with E-state index in [1.54, 1.807) is 12.4 Å². The molecule has 0 saturated carbocycles. The van der Waals surface area contributed by atoms with Crippen molar-refractivity contribution >= 4 is 5.91 Å². The van der Waals surface area contributed by atoms with Crippen molar-refractivity contribution in [2.75, 3.05) is 0 Å². The van der Waals surface area contributed by atoms with E-state index in [9.17, 15) is 4.79 Å². The number of nitrogens with zero attached hydrogens (tertiary/aromatic N) is 2. The summed E-state index contributed by atoms with van der Waals surface area (Å²) in [6, 6.07) is 3.70. The molecular formula is C12H16N4O. The Bertz CT molecular complexity index is 513. The van der Waals surface area contributed by atoms with Crippen LogP contribution in [0.3, 0.4) is 0 Å². The summed E-state index contributed by atoms with van der Waals surface area (Å²) in [5.41, 5.74) is 2.69. The lowest BCUT2D eigenvalue weighted by molar-refractivity contribution is 0.0931. The second-order valence-corrected chi connectivity index (χ2v) is 4.15. The molecule has 0 aliphatic carbocycles. The molecule has 1 unspecified atom stereocenters. The van der Waals surface area contributed by atoms with E-state index in [2.05, 4.69) is 15.5 Å². The van der Waals surface area contributed by atoms with Gasteiger partial charge in [-0.1, -0.05) is 0 Å². The van der Waals surface area contributed by atoms with Crippen LogP contribution in [0.25, 0.3) is 0 Å². The van der Waals surface area contributed by atoms with Crippen molar-refractivity contribution in [2.45, 2.75) is 19.9 Å². The van der Waals surface area contributed by atoms with Crippen LogP contribution in [-0.2, 0) is 7.05 Å². The summed E-state index contributed by atoms with van der Waals surface area (Å²) in [6.07, 6.45) is 3.49. The number of amides is 1. The summed E-state index contributed by atoms with van der Waals surface area (Å²) in [4.78, 5) is 12.0. The molecule has 2 aromatic heterocycles. The van der Waals surface area contributed by atoms with Gasteiger partial charge in [-0.25, -0.2) is 0 Å². The molecule has 2 aromatic rings. The van der Waals surface area contributed by atoms with Gasteiger partial charge in [0.2, 0.25) is 0 Å². The number of nitrogens with one attached hydrogen (secondary N) is 2. The molecule has 5 nitrogen and oxygen atoms in total. The largest absolute Gasteiger partial charge is 0.344 e. The molecule has 1 amide bonds. The number of rotatable bonds is 3. The molecule has 17 heavy (non-hydrogen) atoms. The maximum absolute atomic E-state index is 12.0. The average molecular weight is 232 g/mol. The van der Waals surface area contributed by atoms with Crippen molar-refractivity contribution in [3.8, 4) is 0 Å². The second-order valence-electron chi connectivity index (χ2n) is 4.15. The normalized spacial score (nSPS) is 12.4. The Hall–Kier alpha value is -2.04. The van der Waals surface area contributed by atoms with Crippen LogP contribution >= 0.6 is 0 Å². The van der Waals surface area contributed by atoms with Gasteiger partial charge in [0.25, 0.3) is 5.91 Å². The van der Waals surface area contributed by atoms with E-state index in [1.807, 2.05) is 37.6 Å². The number of hydrogen-bond donors (Lipinski definition) is 2. The maximum Gasteiger partial charge on any atom is 0.268 e. The summed E-state index contributed by atoms with van der Waals surface area (Å²) < 4.78 is 1.87. The highest BCUT2D eigenvalue weighted by Crippen LogP contribution is 2.11. The zero-order chi connectivity index (χ0) is 12.4. The highest BCUT2D eigenvalue weighted by atomic mass is 16.2. The van der Waals surface area contributed by atoms with Gasteiger partial charge in [0.05, 0.1) is 12.2 Å². The van der Waals surface area contributed by atoms with Crippen LogP contribution in [0, 0.1) is 6.92 Å². The van der Waals surface area contributed by atoms with E-state index in [1.165, 1.54) is 0 Å². The molecule has 0 saturated heterocycles. The number of aryl methyl sites for hydroxylation is 1. The van der Waals surface area contributed by atoms with Crippen molar-refractivity contribution in [1.29, 1.82) is 0 Å². The van der Waals surface area contributed by atoms with Gasteiger partial charge >= 0.3 is 0 Å². The SMILES string of the molecule is Cc1ccc(C(=O)NC(C)c2cn[nH]c2)n1C. The third-order valence-electron chi connectivity index (χ3n) is 2.97. The zero-order valence-corrected chi connectivity index (χ0v) is 10.2.